The zero-order valence-corrected chi connectivity index (χ0v) is 18.8. The number of nitrogens with zero attached hydrogens (tertiary/aromatic N) is 2. The zero-order chi connectivity index (χ0) is 23.9. The van der Waals surface area contributed by atoms with E-state index in [4.69, 9.17) is 5.14 Å². The lowest BCUT2D eigenvalue weighted by Crippen LogP contribution is -2.46. The summed E-state index contributed by atoms with van der Waals surface area (Å²) in [5.41, 5.74) is 2.16. The second kappa shape index (κ2) is 8.30. The summed E-state index contributed by atoms with van der Waals surface area (Å²) < 4.78 is 25.3. The van der Waals surface area contributed by atoms with Crippen molar-refractivity contribution in [2.75, 3.05) is 10.2 Å². The fourth-order valence-electron chi connectivity index (χ4n) is 4.02. The summed E-state index contributed by atoms with van der Waals surface area (Å²) in [4.78, 5) is 39.7. The van der Waals surface area contributed by atoms with Crippen molar-refractivity contribution >= 4 is 33.2 Å². The van der Waals surface area contributed by atoms with E-state index < -0.39 is 27.9 Å². The van der Waals surface area contributed by atoms with E-state index in [0.717, 1.165) is 0 Å². The first-order valence-corrected chi connectivity index (χ1v) is 11.6. The molecule has 2 heterocycles. The molecule has 0 saturated carbocycles. The predicted octanol–water partition coefficient (Wildman–Crippen LogP) is 1.84. The Morgan fingerprint density at radius 3 is 2.24 bits per heavy atom. The Kier molecular flexibility index (Phi) is 5.64. The van der Waals surface area contributed by atoms with Gasteiger partial charge in [-0.3, -0.25) is 19.3 Å². The molecule has 0 bridgehead atoms. The van der Waals surface area contributed by atoms with Crippen molar-refractivity contribution in [1.29, 1.82) is 0 Å². The lowest BCUT2D eigenvalue weighted by Gasteiger charge is -2.37. The summed E-state index contributed by atoms with van der Waals surface area (Å²) in [6.07, 6.45) is 0. The first kappa shape index (κ1) is 22.4. The highest BCUT2D eigenvalue weighted by Gasteiger charge is 2.38. The number of nitrogens with two attached hydrogens (primary N) is 1. The number of sulfonamides is 1. The Labute approximate surface area is 190 Å². The van der Waals surface area contributed by atoms with Gasteiger partial charge in [-0.15, -0.1) is 0 Å². The van der Waals surface area contributed by atoms with Gasteiger partial charge in [0.2, 0.25) is 15.9 Å². The molecule has 1 atom stereocenters. The van der Waals surface area contributed by atoms with Crippen LogP contribution in [0.1, 0.15) is 23.0 Å². The summed E-state index contributed by atoms with van der Waals surface area (Å²) in [6, 6.07) is 14.7. The molecule has 0 aliphatic carbocycles. The molecule has 4 rings (SSSR count). The van der Waals surface area contributed by atoms with E-state index in [1.54, 1.807) is 48.7 Å². The van der Waals surface area contributed by atoms with Crippen LogP contribution in [0.2, 0.25) is 0 Å². The van der Waals surface area contributed by atoms with Crippen molar-refractivity contribution in [1.82, 2.24) is 4.57 Å². The highest BCUT2D eigenvalue weighted by atomic mass is 32.2. The molecule has 170 valence electrons. The van der Waals surface area contributed by atoms with E-state index >= 15 is 0 Å². The molecule has 2 amide bonds. The standard InChI is InChI=1S/C23H22N4O5S/c1-14-10-17(28)11-15(2)26(14)13-21(29)27-20-9-8-18(33(24,31)32)12-19(20)25-23(30)22(27)16-6-4-3-5-7-16/h3-12,22H,13H2,1-2H3,(H,25,30)(H2,24,31,32). The number of anilines is 2. The van der Waals surface area contributed by atoms with E-state index in [9.17, 15) is 22.8 Å². The lowest BCUT2D eigenvalue weighted by atomic mass is 10.00. The fourth-order valence-corrected chi connectivity index (χ4v) is 4.56. The van der Waals surface area contributed by atoms with Crippen molar-refractivity contribution in [3.8, 4) is 0 Å². The molecule has 10 heteroatoms. The van der Waals surface area contributed by atoms with E-state index in [1.165, 1.54) is 35.2 Å². The van der Waals surface area contributed by atoms with Crippen LogP contribution in [0.5, 0.6) is 0 Å². The van der Waals surface area contributed by atoms with Crippen molar-refractivity contribution in [3.05, 3.63) is 87.8 Å². The third-order valence-corrected chi connectivity index (χ3v) is 6.46. The van der Waals surface area contributed by atoms with Crippen molar-refractivity contribution in [2.24, 2.45) is 5.14 Å². The van der Waals surface area contributed by atoms with Gasteiger partial charge in [-0.25, -0.2) is 13.6 Å². The minimum atomic E-state index is -4.01. The maximum atomic E-state index is 13.6. The number of hydrogen-bond acceptors (Lipinski definition) is 5. The second-order valence-electron chi connectivity index (χ2n) is 7.85. The average molecular weight is 467 g/mol. The molecule has 33 heavy (non-hydrogen) atoms. The van der Waals surface area contributed by atoms with Crippen LogP contribution in [0.3, 0.4) is 0 Å². The number of amides is 2. The number of hydrogen-bond donors (Lipinski definition) is 2. The van der Waals surface area contributed by atoms with Gasteiger partial charge in [0.05, 0.1) is 16.3 Å². The van der Waals surface area contributed by atoms with Gasteiger partial charge in [0.15, 0.2) is 5.43 Å². The van der Waals surface area contributed by atoms with Crippen molar-refractivity contribution in [3.63, 3.8) is 0 Å². The topological polar surface area (TPSA) is 132 Å². The molecule has 1 aromatic heterocycles. The van der Waals surface area contributed by atoms with Crippen LogP contribution in [-0.4, -0.2) is 24.8 Å². The summed E-state index contributed by atoms with van der Waals surface area (Å²) >= 11 is 0. The molecule has 0 fully saturated rings. The Morgan fingerprint density at radius 1 is 1.00 bits per heavy atom. The van der Waals surface area contributed by atoms with E-state index in [0.29, 0.717) is 22.6 Å². The normalized spacial score (nSPS) is 15.7. The van der Waals surface area contributed by atoms with Gasteiger partial charge in [0.25, 0.3) is 5.91 Å². The number of nitrogens with one attached hydrogen (secondary N) is 1. The Balaban J connectivity index is 1.85. The maximum Gasteiger partial charge on any atom is 0.252 e. The van der Waals surface area contributed by atoms with Crippen LogP contribution in [0.15, 0.2) is 70.4 Å². The van der Waals surface area contributed by atoms with Gasteiger partial charge in [-0.2, -0.15) is 0 Å². The molecule has 0 radical (unpaired) electrons. The zero-order valence-electron chi connectivity index (χ0n) is 18.0. The number of primary sulfonamides is 1. The minimum absolute atomic E-state index is 0.120. The van der Waals surface area contributed by atoms with Gasteiger partial charge in [-0.05, 0) is 37.6 Å². The van der Waals surface area contributed by atoms with Gasteiger partial charge >= 0.3 is 0 Å². The fraction of sp³-hybridized carbons (Fsp3) is 0.174. The largest absolute Gasteiger partial charge is 0.340 e. The number of aromatic nitrogens is 1. The third-order valence-electron chi connectivity index (χ3n) is 5.55. The van der Waals surface area contributed by atoms with Gasteiger partial charge in [0.1, 0.15) is 12.6 Å². The number of benzene rings is 2. The van der Waals surface area contributed by atoms with Gasteiger partial charge in [-0.1, -0.05) is 30.3 Å². The Morgan fingerprint density at radius 2 is 1.64 bits per heavy atom. The van der Waals surface area contributed by atoms with Crippen LogP contribution in [0, 0.1) is 13.8 Å². The molecule has 1 aliphatic heterocycles. The summed E-state index contributed by atoms with van der Waals surface area (Å²) in [5, 5.41) is 7.93. The van der Waals surface area contributed by atoms with E-state index in [1.807, 2.05) is 0 Å². The van der Waals surface area contributed by atoms with Crippen LogP contribution < -0.4 is 20.8 Å². The number of carbonyl (C=O) groups is 2. The minimum Gasteiger partial charge on any atom is -0.340 e. The molecular weight excluding hydrogens is 444 g/mol. The average Bonchev–Trinajstić information content (AvgIpc) is 2.74. The number of carbonyl (C=O) groups excluding carboxylic acids is 2. The summed E-state index contributed by atoms with van der Waals surface area (Å²) in [7, 11) is -4.01. The highest BCUT2D eigenvalue weighted by molar-refractivity contribution is 7.89. The quantitative estimate of drug-likeness (QED) is 0.606. The highest BCUT2D eigenvalue weighted by Crippen LogP contribution is 2.39. The molecule has 2 aromatic carbocycles. The molecule has 3 N–H and O–H groups in total. The number of pyridine rings is 1. The van der Waals surface area contributed by atoms with Crippen LogP contribution >= 0.6 is 0 Å². The van der Waals surface area contributed by atoms with Crippen LogP contribution in [-0.2, 0) is 26.2 Å². The van der Waals surface area contributed by atoms with E-state index in [2.05, 4.69) is 5.32 Å². The molecule has 1 aliphatic rings. The predicted molar refractivity (Wildman–Crippen MR) is 123 cm³/mol. The Hall–Kier alpha value is -3.76. The lowest BCUT2D eigenvalue weighted by molar-refractivity contribution is -0.124. The van der Waals surface area contributed by atoms with Crippen molar-refractivity contribution < 1.29 is 18.0 Å². The molecule has 0 spiro atoms. The van der Waals surface area contributed by atoms with Gasteiger partial charge in [0, 0.05) is 23.5 Å². The third kappa shape index (κ3) is 4.30. The molecule has 3 aromatic rings. The monoisotopic (exact) mass is 466 g/mol. The van der Waals surface area contributed by atoms with Gasteiger partial charge < -0.3 is 9.88 Å². The number of rotatable bonds is 4. The van der Waals surface area contributed by atoms with Crippen molar-refractivity contribution in [2.45, 2.75) is 31.3 Å². The first-order valence-electron chi connectivity index (χ1n) is 10.1. The summed E-state index contributed by atoms with van der Waals surface area (Å²) in [5.74, 6) is -0.889. The van der Waals surface area contributed by atoms with E-state index in [-0.39, 0.29) is 22.6 Å². The maximum absolute atomic E-state index is 13.6. The summed E-state index contributed by atoms with van der Waals surface area (Å²) in [6.45, 7) is 3.34. The molecular formula is C23H22N4O5S. The SMILES string of the molecule is Cc1cc(=O)cc(C)n1CC(=O)N1c2ccc(S(N)(=O)=O)cc2NC(=O)C1c1ccccc1. The number of aryl methyl sites for hydroxylation is 2. The second-order valence-corrected chi connectivity index (χ2v) is 9.41. The smallest absolute Gasteiger partial charge is 0.252 e. The van der Waals surface area contributed by atoms with Crippen LogP contribution in [0.25, 0.3) is 0 Å². The first-order chi connectivity index (χ1) is 15.6. The molecule has 0 saturated heterocycles. The van der Waals surface area contributed by atoms with Crippen LogP contribution in [0.4, 0.5) is 11.4 Å². The molecule has 1 unspecified atom stereocenters. The Bertz CT molecular complexity index is 1400. The number of fused-ring (bicyclic) bond motifs is 1. The molecule has 9 nitrogen and oxygen atoms in total.